The van der Waals surface area contributed by atoms with Crippen molar-refractivity contribution in [2.45, 2.75) is 19.8 Å². The molecule has 1 N–H and O–H groups in total. The summed E-state index contributed by atoms with van der Waals surface area (Å²) >= 11 is 3.40. The first-order valence-electron chi connectivity index (χ1n) is 13.6. The summed E-state index contributed by atoms with van der Waals surface area (Å²) in [4.78, 5) is 55.5. The molecular formula is C33H28BrNO7. The van der Waals surface area contributed by atoms with Crippen molar-refractivity contribution >= 4 is 51.1 Å². The summed E-state index contributed by atoms with van der Waals surface area (Å²) in [5.41, 5.74) is 3.19. The van der Waals surface area contributed by atoms with Crippen LogP contribution >= 0.6 is 15.9 Å². The predicted molar refractivity (Wildman–Crippen MR) is 159 cm³/mol. The number of aromatic hydroxyl groups is 1. The van der Waals surface area contributed by atoms with Gasteiger partial charge in [-0.05, 0) is 73.7 Å². The molecule has 2 aromatic carbocycles. The van der Waals surface area contributed by atoms with Crippen molar-refractivity contribution in [2.24, 2.45) is 23.7 Å². The van der Waals surface area contributed by atoms with Crippen molar-refractivity contribution in [1.82, 2.24) is 0 Å². The van der Waals surface area contributed by atoms with Crippen LogP contribution in [0.3, 0.4) is 0 Å². The minimum Gasteiger partial charge on any atom is -0.502 e. The van der Waals surface area contributed by atoms with Gasteiger partial charge >= 0.3 is 0 Å². The van der Waals surface area contributed by atoms with Gasteiger partial charge in [-0.3, -0.25) is 24.1 Å². The first kappa shape index (κ1) is 27.9. The third-order valence-electron chi connectivity index (χ3n) is 8.68. The molecule has 1 fully saturated rings. The van der Waals surface area contributed by atoms with E-state index >= 15 is 0 Å². The smallest absolute Gasteiger partial charge is 0.238 e. The highest BCUT2D eigenvalue weighted by Crippen LogP contribution is 2.53. The Morgan fingerprint density at radius 3 is 2.29 bits per heavy atom. The number of benzene rings is 2. The second kappa shape index (κ2) is 10.5. The maximum atomic E-state index is 13.9. The van der Waals surface area contributed by atoms with E-state index in [1.165, 1.54) is 25.2 Å². The highest BCUT2D eigenvalue weighted by atomic mass is 79.9. The third kappa shape index (κ3) is 4.34. The molecule has 4 atom stereocenters. The van der Waals surface area contributed by atoms with Crippen LogP contribution in [0.4, 0.5) is 5.69 Å². The monoisotopic (exact) mass is 629 g/mol. The van der Waals surface area contributed by atoms with Crippen molar-refractivity contribution in [3.63, 3.8) is 0 Å². The SMILES string of the molecule is COc1cc(C=C[C@H]2C3=CC[C@@H]4C(=O)N(c5ccc(Br)cc5)C(=O)[C@@H]4[C@@H]3CC3=C2C(=O)C(C)=CC3=O)cc(OC)c1O. The Bertz CT molecular complexity index is 1660. The molecule has 42 heavy (non-hydrogen) atoms. The molecule has 8 nitrogen and oxygen atoms in total. The summed E-state index contributed by atoms with van der Waals surface area (Å²) in [5.74, 6) is -2.84. The number of ketones is 2. The number of carbonyl (C=O) groups excluding carboxylic acids is 4. The molecule has 2 amide bonds. The van der Waals surface area contributed by atoms with Gasteiger partial charge in [0.05, 0.1) is 31.7 Å². The van der Waals surface area contributed by atoms with Gasteiger partial charge in [0.2, 0.25) is 17.6 Å². The number of fused-ring (bicyclic) bond motifs is 3. The van der Waals surface area contributed by atoms with Gasteiger partial charge in [-0.1, -0.05) is 39.7 Å². The van der Waals surface area contributed by atoms with Crippen LogP contribution in [-0.4, -0.2) is 42.7 Å². The Labute approximate surface area is 251 Å². The quantitative estimate of drug-likeness (QED) is 0.270. The van der Waals surface area contributed by atoms with Crippen molar-refractivity contribution in [2.75, 3.05) is 19.1 Å². The number of methoxy groups -OCH3 is 2. The molecule has 0 aromatic heterocycles. The number of anilines is 1. The van der Waals surface area contributed by atoms with Gasteiger partial charge in [-0.25, -0.2) is 0 Å². The van der Waals surface area contributed by atoms with Gasteiger partial charge in [0.15, 0.2) is 23.1 Å². The molecule has 1 aliphatic heterocycles. The number of amides is 2. The van der Waals surface area contributed by atoms with Crippen LogP contribution in [0.15, 0.2) is 81.4 Å². The van der Waals surface area contributed by atoms with Gasteiger partial charge < -0.3 is 14.6 Å². The van der Waals surface area contributed by atoms with Gasteiger partial charge in [0.25, 0.3) is 0 Å². The van der Waals surface area contributed by atoms with Crippen molar-refractivity contribution in [1.29, 1.82) is 0 Å². The second-order valence-corrected chi connectivity index (χ2v) is 11.8. The molecule has 3 aliphatic carbocycles. The standard InChI is InChI=1S/C33H28BrNO7/c1-16-12-25(36)24-15-23-20(10-11-22-29(23)33(40)35(32(22)39)19-7-5-18(34)6-8-19)21(28(24)30(16)37)9-4-17-13-26(41-2)31(38)27(14-17)42-3/h4-10,12-14,21-23,29,38H,11,15H2,1-3H3/t21-,22-,23+,29-/m0/s1. The number of halogens is 1. The topological polar surface area (TPSA) is 110 Å². The summed E-state index contributed by atoms with van der Waals surface area (Å²) in [6, 6.07) is 10.3. The van der Waals surface area contributed by atoms with Gasteiger partial charge in [0, 0.05) is 27.1 Å². The van der Waals surface area contributed by atoms with E-state index in [2.05, 4.69) is 15.9 Å². The van der Waals surface area contributed by atoms with E-state index < -0.39 is 23.7 Å². The van der Waals surface area contributed by atoms with Crippen LogP contribution in [0.1, 0.15) is 25.3 Å². The van der Waals surface area contributed by atoms with Gasteiger partial charge in [0.1, 0.15) is 0 Å². The molecule has 1 heterocycles. The summed E-state index contributed by atoms with van der Waals surface area (Å²) in [6.45, 7) is 1.63. The fourth-order valence-corrected chi connectivity index (χ4v) is 6.96. The zero-order chi connectivity index (χ0) is 29.9. The zero-order valence-corrected chi connectivity index (χ0v) is 24.8. The summed E-state index contributed by atoms with van der Waals surface area (Å²) in [5, 5.41) is 10.3. The molecule has 9 heteroatoms. The van der Waals surface area contributed by atoms with Gasteiger partial charge in [-0.2, -0.15) is 0 Å². The Morgan fingerprint density at radius 2 is 1.64 bits per heavy atom. The molecular weight excluding hydrogens is 602 g/mol. The molecule has 0 radical (unpaired) electrons. The lowest BCUT2D eigenvalue weighted by Crippen LogP contribution is -2.40. The third-order valence-corrected chi connectivity index (χ3v) is 9.21. The minimum atomic E-state index is -0.644. The number of hydrogen-bond acceptors (Lipinski definition) is 7. The molecule has 1 saturated heterocycles. The van der Waals surface area contributed by atoms with Gasteiger partial charge in [-0.15, -0.1) is 0 Å². The zero-order valence-electron chi connectivity index (χ0n) is 23.2. The number of nitrogens with zero attached hydrogens (tertiary/aromatic N) is 1. The molecule has 0 saturated carbocycles. The number of allylic oxidation sites excluding steroid dienone is 7. The van der Waals surface area contributed by atoms with Crippen molar-refractivity contribution in [3.8, 4) is 17.2 Å². The Hall–Kier alpha value is -4.24. The van der Waals surface area contributed by atoms with E-state index in [0.29, 0.717) is 34.4 Å². The molecule has 4 aliphatic rings. The fourth-order valence-electron chi connectivity index (χ4n) is 6.70. The maximum absolute atomic E-state index is 13.9. The largest absolute Gasteiger partial charge is 0.502 e. The summed E-state index contributed by atoms with van der Waals surface area (Å²) < 4.78 is 11.4. The number of phenolic OH excluding ortho intramolecular Hbond substituents is 1. The second-order valence-electron chi connectivity index (χ2n) is 10.9. The van der Waals surface area contributed by atoms with E-state index in [1.807, 2.05) is 12.2 Å². The highest BCUT2D eigenvalue weighted by molar-refractivity contribution is 9.10. The normalized spacial score (nSPS) is 25.3. The Morgan fingerprint density at radius 1 is 0.976 bits per heavy atom. The number of ether oxygens (including phenoxy) is 2. The highest BCUT2D eigenvalue weighted by Gasteiger charge is 2.56. The van der Waals surface area contributed by atoms with E-state index in [0.717, 1.165) is 10.0 Å². The van der Waals surface area contributed by atoms with Crippen molar-refractivity contribution in [3.05, 3.63) is 87.0 Å². The molecule has 2 aromatic rings. The maximum Gasteiger partial charge on any atom is 0.238 e. The minimum absolute atomic E-state index is 0.130. The molecule has 0 bridgehead atoms. The lowest BCUT2D eigenvalue weighted by molar-refractivity contribution is -0.123. The Balaban J connectivity index is 1.43. The number of carbonyl (C=O) groups is 4. The van der Waals surface area contributed by atoms with Crippen LogP contribution in [0.25, 0.3) is 6.08 Å². The number of rotatable bonds is 5. The summed E-state index contributed by atoms with van der Waals surface area (Å²) in [6.07, 6.45) is 7.55. The van der Waals surface area contributed by atoms with Crippen LogP contribution < -0.4 is 14.4 Å². The number of phenols is 1. The fraction of sp³-hybridized carbons (Fsp3) is 0.273. The first-order valence-corrected chi connectivity index (χ1v) is 14.4. The van der Waals surface area contributed by atoms with E-state index in [9.17, 15) is 24.3 Å². The average molecular weight is 630 g/mol. The molecule has 0 unspecified atom stereocenters. The van der Waals surface area contributed by atoms with E-state index in [1.54, 1.807) is 49.4 Å². The summed E-state index contributed by atoms with van der Waals surface area (Å²) in [7, 11) is 2.87. The molecule has 6 rings (SSSR count). The van der Waals surface area contributed by atoms with Crippen LogP contribution in [0.5, 0.6) is 17.2 Å². The van der Waals surface area contributed by atoms with E-state index in [-0.39, 0.29) is 47.1 Å². The van der Waals surface area contributed by atoms with E-state index in [4.69, 9.17) is 9.47 Å². The number of hydrogen-bond donors (Lipinski definition) is 1. The number of Topliss-reactive ketones (excluding diaryl/α,β-unsaturated/α-hetero) is 1. The van der Waals surface area contributed by atoms with Crippen molar-refractivity contribution < 1.29 is 33.8 Å². The average Bonchev–Trinajstić information content (AvgIpc) is 3.24. The van der Waals surface area contributed by atoms with Crippen LogP contribution in [-0.2, 0) is 19.2 Å². The Kier molecular flexibility index (Phi) is 7.01. The molecule has 0 spiro atoms. The van der Waals surface area contributed by atoms with Crippen LogP contribution in [0, 0.1) is 23.7 Å². The lowest BCUT2D eigenvalue weighted by atomic mass is 9.60. The molecule has 214 valence electrons. The lowest BCUT2D eigenvalue weighted by Gasteiger charge is -2.41. The number of imide groups is 1. The first-order chi connectivity index (χ1) is 20.1. The predicted octanol–water partition coefficient (Wildman–Crippen LogP) is 5.35. The van der Waals surface area contributed by atoms with Crippen LogP contribution in [0.2, 0.25) is 0 Å².